The molecule has 2 aliphatic heterocycles. The zero-order chi connectivity index (χ0) is 22.6. The monoisotopic (exact) mass is 462 g/mol. The van der Waals surface area contributed by atoms with Crippen molar-refractivity contribution in [2.45, 2.75) is 32.0 Å². The van der Waals surface area contributed by atoms with Gasteiger partial charge in [-0.2, -0.15) is 0 Å². The van der Waals surface area contributed by atoms with E-state index in [4.69, 9.17) is 4.74 Å². The number of ether oxygens (including phenoxy) is 1. The number of benzene rings is 2. The summed E-state index contributed by atoms with van der Waals surface area (Å²) < 4.78 is 5.50. The van der Waals surface area contributed by atoms with Crippen LogP contribution in [0.3, 0.4) is 0 Å². The highest BCUT2D eigenvalue weighted by molar-refractivity contribution is 7.09. The fraction of sp³-hybridized carbons (Fsp3) is 0.320. The smallest absolute Gasteiger partial charge is 0.270 e. The van der Waals surface area contributed by atoms with E-state index in [2.05, 4.69) is 39.5 Å². The van der Waals surface area contributed by atoms with Crippen LogP contribution in [0.4, 0.5) is 5.69 Å². The molecule has 8 heteroatoms. The molecule has 3 aromatic rings. The molecular formula is C25H26N4O3S. The number of anilines is 1. The fourth-order valence-corrected chi connectivity index (χ4v) is 5.05. The highest BCUT2D eigenvalue weighted by Crippen LogP contribution is 2.32. The first-order valence-corrected chi connectivity index (χ1v) is 12.1. The van der Waals surface area contributed by atoms with Crippen LogP contribution in [-0.2, 0) is 17.9 Å². The second-order valence-corrected chi connectivity index (χ2v) is 9.31. The van der Waals surface area contributed by atoms with Gasteiger partial charge in [-0.3, -0.25) is 19.4 Å². The summed E-state index contributed by atoms with van der Waals surface area (Å²) in [6.07, 6.45) is 1.85. The quantitative estimate of drug-likeness (QED) is 0.607. The highest BCUT2D eigenvalue weighted by atomic mass is 32.1. The van der Waals surface area contributed by atoms with E-state index >= 15 is 0 Å². The van der Waals surface area contributed by atoms with Gasteiger partial charge >= 0.3 is 0 Å². The van der Waals surface area contributed by atoms with Crippen LogP contribution in [0.2, 0.25) is 0 Å². The minimum atomic E-state index is -0.146. The SMILES string of the molecule is O=C(NC1CCN(Cc2ccccc2)CC1)c1csc(CN2C(=O)COc3ccccc32)n1. The van der Waals surface area contributed by atoms with Crippen LogP contribution in [0.1, 0.15) is 33.9 Å². The molecule has 0 saturated carbocycles. The molecule has 170 valence electrons. The summed E-state index contributed by atoms with van der Waals surface area (Å²) in [6.45, 7) is 3.20. The van der Waals surface area contributed by atoms with Gasteiger partial charge in [0.15, 0.2) is 6.61 Å². The molecule has 33 heavy (non-hydrogen) atoms. The summed E-state index contributed by atoms with van der Waals surface area (Å²) in [5.41, 5.74) is 2.46. The van der Waals surface area contributed by atoms with Crippen molar-refractivity contribution in [3.8, 4) is 5.75 Å². The van der Waals surface area contributed by atoms with Crippen molar-refractivity contribution in [1.29, 1.82) is 0 Å². The molecule has 7 nitrogen and oxygen atoms in total. The van der Waals surface area contributed by atoms with Crippen molar-refractivity contribution in [3.05, 3.63) is 76.2 Å². The normalized spacial score (nSPS) is 16.8. The lowest BCUT2D eigenvalue weighted by atomic mass is 10.0. The van der Waals surface area contributed by atoms with Crippen molar-refractivity contribution in [1.82, 2.24) is 15.2 Å². The topological polar surface area (TPSA) is 74.8 Å². The zero-order valence-corrected chi connectivity index (χ0v) is 19.1. The Morgan fingerprint density at radius 3 is 2.64 bits per heavy atom. The number of nitrogens with zero attached hydrogens (tertiary/aromatic N) is 3. The lowest BCUT2D eigenvalue weighted by Gasteiger charge is -2.32. The van der Waals surface area contributed by atoms with Gasteiger partial charge in [0.25, 0.3) is 11.8 Å². The van der Waals surface area contributed by atoms with E-state index in [1.807, 2.05) is 30.3 Å². The summed E-state index contributed by atoms with van der Waals surface area (Å²) in [4.78, 5) is 33.8. The average molecular weight is 463 g/mol. The van der Waals surface area contributed by atoms with Gasteiger partial charge in [0, 0.05) is 31.1 Å². The van der Waals surface area contributed by atoms with Crippen LogP contribution >= 0.6 is 11.3 Å². The molecule has 2 amide bonds. The van der Waals surface area contributed by atoms with E-state index in [-0.39, 0.29) is 24.5 Å². The van der Waals surface area contributed by atoms with Gasteiger partial charge in [0.05, 0.1) is 12.2 Å². The van der Waals surface area contributed by atoms with Crippen molar-refractivity contribution in [2.24, 2.45) is 0 Å². The maximum atomic E-state index is 12.8. The van der Waals surface area contributed by atoms with Crippen molar-refractivity contribution in [3.63, 3.8) is 0 Å². The molecule has 0 spiro atoms. The minimum Gasteiger partial charge on any atom is -0.482 e. The van der Waals surface area contributed by atoms with E-state index in [1.165, 1.54) is 16.9 Å². The van der Waals surface area contributed by atoms with E-state index in [1.54, 1.807) is 10.3 Å². The lowest BCUT2D eigenvalue weighted by molar-refractivity contribution is -0.121. The largest absolute Gasteiger partial charge is 0.482 e. The standard InChI is InChI=1S/C25H26N4O3S/c30-24-16-32-22-9-5-4-8-21(22)29(24)15-23-27-20(17-33-23)25(31)26-19-10-12-28(13-11-19)14-18-6-2-1-3-7-18/h1-9,17,19H,10-16H2,(H,26,31). The minimum absolute atomic E-state index is 0.0126. The van der Waals surface area contributed by atoms with Gasteiger partial charge < -0.3 is 10.1 Å². The van der Waals surface area contributed by atoms with Crippen LogP contribution in [0.5, 0.6) is 5.75 Å². The number of thiazole rings is 1. The third-order valence-corrected chi connectivity index (χ3v) is 6.89. The van der Waals surface area contributed by atoms with Crippen molar-refractivity contribution < 1.29 is 14.3 Å². The second-order valence-electron chi connectivity index (χ2n) is 8.37. The summed E-state index contributed by atoms with van der Waals surface area (Å²) in [6, 6.07) is 18.1. The number of para-hydroxylation sites is 2. The Hall–Kier alpha value is -3.23. The number of carbonyl (C=O) groups excluding carboxylic acids is 2. The number of hydrogen-bond donors (Lipinski definition) is 1. The molecule has 0 aliphatic carbocycles. The molecule has 3 heterocycles. The predicted octanol–water partition coefficient (Wildman–Crippen LogP) is 3.46. The summed E-state index contributed by atoms with van der Waals surface area (Å²) >= 11 is 1.40. The number of amides is 2. The van der Waals surface area contributed by atoms with Gasteiger partial charge in [-0.25, -0.2) is 4.98 Å². The number of hydrogen-bond acceptors (Lipinski definition) is 6. The van der Waals surface area contributed by atoms with E-state index in [0.717, 1.165) is 43.2 Å². The predicted molar refractivity (Wildman–Crippen MR) is 127 cm³/mol. The maximum absolute atomic E-state index is 12.8. The summed E-state index contributed by atoms with van der Waals surface area (Å²) in [5.74, 6) is 0.426. The Balaban J connectivity index is 1.15. The van der Waals surface area contributed by atoms with Crippen LogP contribution in [0.25, 0.3) is 0 Å². The highest BCUT2D eigenvalue weighted by Gasteiger charge is 2.27. The number of likely N-dealkylation sites (tertiary alicyclic amines) is 1. The third-order valence-electron chi connectivity index (χ3n) is 6.06. The lowest BCUT2D eigenvalue weighted by Crippen LogP contribution is -2.44. The molecule has 2 aromatic carbocycles. The van der Waals surface area contributed by atoms with Gasteiger partial charge in [-0.1, -0.05) is 42.5 Å². The van der Waals surface area contributed by atoms with Crippen LogP contribution in [0, 0.1) is 0 Å². The van der Waals surface area contributed by atoms with E-state index in [0.29, 0.717) is 18.0 Å². The first-order chi connectivity index (χ1) is 16.2. The molecule has 0 bridgehead atoms. The van der Waals surface area contributed by atoms with Gasteiger partial charge in [0.1, 0.15) is 16.5 Å². The molecule has 1 aromatic heterocycles. The maximum Gasteiger partial charge on any atom is 0.270 e. The summed E-state index contributed by atoms with van der Waals surface area (Å²) in [7, 11) is 0. The van der Waals surface area contributed by atoms with E-state index < -0.39 is 0 Å². The Morgan fingerprint density at radius 1 is 1.06 bits per heavy atom. The Bertz CT molecular complexity index is 1130. The molecule has 0 atom stereocenters. The van der Waals surface area contributed by atoms with Crippen LogP contribution < -0.4 is 15.0 Å². The van der Waals surface area contributed by atoms with Gasteiger partial charge in [-0.05, 0) is 30.5 Å². The van der Waals surface area contributed by atoms with Gasteiger partial charge in [0.2, 0.25) is 0 Å². The third kappa shape index (κ3) is 5.07. The average Bonchev–Trinajstić information content (AvgIpc) is 3.32. The number of nitrogens with one attached hydrogen (secondary N) is 1. The molecule has 0 unspecified atom stereocenters. The summed E-state index contributed by atoms with van der Waals surface area (Å²) in [5, 5.41) is 5.63. The number of rotatable bonds is 6. The van der Waals surface area contributed by atoms with Crippen molar-refractivity contribution >= 4 is 28.8 Å². The number of fused-ring (bicyclic) bond motifs is 1. The second kappa shape index (κ2) is 9.72. The first-order valence-electron chi connectivity index (χ1n) is 11.2. The Labute approximate surface area is 197 Å². The Morgan fingerprint density at radius 2 is 1.82 bits per heavy atom. The number of carbonyl (C=O) groups is 2. The Kier molecular flexibility index (Phi) is 6.37. The number of piperidine rings is 1. The zero-order valence-electron chi connectivity index (χ0n) is 18.3. The number of aromatic nitrogens is 1. The molecular weight excluding hydrogens is 436 g/mol. The molecule has 5 rings (SSSR count). The van der Waals surface area contributed by atoms with Crippen LogP contribution in [-0.4, -0.2) is 47.4 Å². The molecule has 2 aliphatic rings. The van der Waals surface area contributed by atoms with Gasteiger partial charge in [-0.15, -0.1) is 11.3 Å². The fourth-order valence-electron chi connectivity index (χ4n) is 4.29. The van der Waals surface area contributed by atoms with Crippen LogP contribution in [0.15, 0.2) is 60.0 Å². The molecule has 1 N–H and O–H groups in total. The molecule has 1 saturated heterocycles. The van der Waals surface area contributed by atoms with Crippen molar-refractivity contribution in [2.75, 3.05) is 24.6 Å². The first kappa shape index (κ1) is 21.6. The molecule has 0 radical (unpaired) electrons. The molecule has 1 fully saturated rings. The van der Waals surface area contributed by atoms with E-state index in [9.17, 15) is 9.59 Å².